The van der Waals surface area contributed by atoms with Crippen molar-refractivity contribution in [1.82, 2.24) is 29.3 Å². The van der Waals surface area contributed by atoms with Crippen LogP contribution in [0.4, 0.5) is 14.5 Å². The van der Waals surface area contributed by atoms with Crippen molar-refractivity contribution in [2.45, 2.75) is 32.9 Å². The lowest BCUT2D eigenvalue weighted by Gasteiger charge is -2.35. The van der Waals surface area contributed by atoms with Crippen molar-refractivity contribution in [3.8, 4) is 17.0 Å². The maximum absolute atomic E-state index is 13.2. The Labute approximate surface area is 231 Å². The minimum Gasteiger partial charge on any atom is -0.434 e. The Morgan fingerprint density at radius 1 is 1.27 bits per heavy atom. The van der Waals surface area contributed by atoms with Gasteiger partial charge in [0, 0.05) is 47.7 Å². The SMILES string of the molecule is CC1(C=O)CCN(C(=O)Cn2cc(NC(=O)c3cnn4cccnc34)c(-c3cc(Cl)ccc3OC(F)F)n2)CC1. The van der Waals surface area contributed by atoms with Gasteiger partial charge in [-0.15, -0.1) is 0 Å². The molecule has 4 aromatic rings. The first-order valence-electron chi connectivity index (χ1n) is 12.3. The molecule has 11 nitrogen and oxygen atoms in total. The molecule has 1 saturated heterocycles. The zero-order chi connectivity index (χ0) is 28.4. The minimum atomic E-state index is -3.12. The fourth-order valence-electron chi connectivity index (χ4n) is 4.48. The smallest absolute Gasteiger partial charge is 0.387 e. The molecule has 1 aliphatic rings. The molecule has 0 radical (unpaired) electrons. The number of rotatable bonds is 8. The maximum atomic E-state index is 13.2. The summed E-state index contributed by atoms with van der Waals surface area (Å²) in [6, 6.07) is 5.69. The van der Waals surface area contributed by atoms with Crippen LogP contribution >= 0.6 is 11.6 Å². The Balaban J connectivity index is 1.47. The molecule has 1 N–H and O–H groups in total. The zero-order valence-electron chi connectivity index (χ0n) is 21.3. The molecule has 0 saturated carbocycles. The number of hydrogen-bond donors (Lipinski definition) is 1. The molecule has 0 aliphatic carbocycles. The second-order valence-electron chi connectivity index (χ2n) is 9.66. The number of nitrogens with zero attached hydrogens (tertiary/aromatic N) is 6. The van der Waals surface area contributed by atoms with Gasteiger partial charge in [-0.1, -0.05) is 18.5 Å². The number of nitrogens with one attached hydrogen (secondary N) is 1. The van der Waals surface area contributed by atoms with Crippen LogP contribution in [0.15, 0.2) is 49.1 Å². The van der Waals surface area contributed by atoms with E-state index in [2.05, 4.69) is 25.2 Å². The van der Waals surface area contributed by atoms with Gasteiger partial charge in [0.15, 0.2) is 5.65 Å². The largest absolute Gasteiger partial charge is 0.434 e. The van der Waals surface area contributed by atoms with Crippen molar-refractivity contribution in [1.29, 1.82) is 0 Å². The molecule has 5 rings (SSSR count). The molecule has 0 bridgehead atoms. The molecule has 40 heavy (non-hydrogen) atoms. The number of aldehydes is 1. The number of aromatic nitrogens is 5. The second-order valence-corrected chi connectivity index (χ2v) is 10.1. The number of fused-ring (bicyclic) bond motifs is 1. The van der Waals surface area contributed by atoms with E-state index in [-0.39, 0.29) is 45.7 Å². The lowest BCUT2D eigenvalue weighted by Crippen LogP contribution is -2.44. The van der Waals surface area contributed by atoms with Crippen LogP contribution in [0.2, 0.25) is 5.02 Å². The minimum absolute atomic E-state index is 0.0657. The summed E-state index contributed by atoms with van der Waals surface area (Å²) in [6.07, 6.45) is 7.92. The number of likely N-dealkylation sites (tertiary alicyclic amines) is 1. The van der Waals surface area contributed by atoms with E-state index in [1.54, 1.807) is 17.2 Å². The molecule has 2 amide bonds. The fraction of sp³-hybridized carbons (Fsp3) is 0.308. The van der Waals surface area contributed by atoms with Gasteiger partial charge < -0.3 is 19.7 Å². The summed E-state index contributed by atoms with van der Waals surface area (Å²) in [7, 11) is 0. The first kappa shape index (κ1) is 27.2. The van der Waals surface area contributed by atoms with Crippen LogP contribution < -0.4 is 10.1 Å². The van der Waals surface area contributed by atoms with Gasteiger partial charge in [-0.25, -0.2) is 9.50 Å². The third kappa shape index (κ3) is 5.64. The van der Waals surface area contributed by atoms with Gasteiger partial charge in [-0.3, -0.25) is 14.3 Å². The number of piperidine rings is 1. The number of halogens is 3. The van der Waals surface area contributed by atoms with Gasteiger partial charge in [0.25, 0.3) is 5.91 Å². The van der Waals surface area contributed by atoms with Crippen LogP contribution in [0.1, 0.15) is 30.1 Å². The molecule has 3 aromatic heterocycles. The van der Waals surface area contributed by atoms with Gasteiger partial charge in [-0.2, -0.15) is 19.0 Å². The van der Waals surface area contributed by atoms with Crippen LogP contribution in [-0.4, -0.2) is 67.1 Å². The highest BCUT2D eigenvalue weighted by molar-refractivity contribution is 6.31. The number of carbonyl (C=O) groups excluding carboxylic acids is 3. The first-order valence-corrected chi connectivity index (χ1v) is 12.7. The first-order chi connectivity index (χ1) is 19.2. The van der Waals surface area contributed by atoms with E-state index in [1.807, 2.05) is 6.92 Å². The van der Waals surface area contributed by atoms with Crippen molar-refractivity contribution in [2.24, 2.45) is 5.41 Å². The highest BCUT2D eigenvalue weighted by Crippen LogP contribution is 2.37. The topological polar surface area (TPSA) is 124 Å². The number of alkyl halides is 2. The van der Waals surface area contributed by atoms with Gasteiger partial charge in [0.2, 0.25) is 5.91 Å². The van der Waals surface area contributed by atoms with E-state index in [1.165, 1.54) is 46.0 Å². The highest BCUT2D eigenvalue weighted by atomic mass is 35.5. The van der Waals surface area contributed by atoms with E-state index < -0.39 is 17.9 Å². The number of anilines is 1. The average Bonchev–Trinajstić information content (AvgIpc) is 3.54. The number of benzene rings is 1. The molecule has 208 valence electrons. The van der Waals surface area contributed by atoms with Crippen LogP contribution in [0.5, 0.6) is 5.75 Å². The normalized spacial score (nSPS) is 14.9. The van der Waals surface area contributed by atoms with E-state index in [4.69, 9.17) is 11.6 Å². The molecule has 0 atom stereocenters. The lowest BCUT2D eigenvalue weighted by molar-refractivity contribution is -0.135. The summed E-state index contributed by atoms with van der Waals surface area (Å²) in [5.74, 6) is -1.04. The standard InChI is InChI=1S/C26H24ClF2N7O4/c1-26(15-37)5-9-34(10-6-26)21(38)14-35-13-19(32-24(39)18-12-31-36-8-2-7-30-23(18)36)22(33-35)17-11-16(27)3-4-20(17)40-25(28)29/h2-4,7-8,11-13,15,25H,5-6,9-10,14H2,1H3,(H,32,39). The molecule has 0 unspecified atom stereocenters. The van der Waals surface area contributed by atoms with Gasteiger partial charge in [0.1, 0.15) is 29.8 Å². The Morgan fingerprint density at radius 3 is 2.77 bits per heavy atom. The Morgan fingerprint density at radius 2 is 2.05 bits per heavy atom. The van der Waals surface area contributed by atoms with Gasteiger partial charge in [0.05, 0.1) is 11.9 Å². The highest BCUT2D eigenvalue weighted by Gasteiger charge is 2.32. The molecule has 0 spiro atoms. The maximum Gasteiger partial charge on any atom is 0.387 e. The number of ether oxygens (including phenoxy) is 1. The average molecular weight is 572 g/mol. The third-order valence-corrected chi connectivity index (χ3v) is 7.02. The van der Waals surface area contributed by atoms with E-state index in [0.717, 1.165) is 6.29 Å². The molecule has 4 heterocycles. The predicted octanol–water partition coefficient (Wildman–Crippen LogP) is 3.93. The fourth-order valence-corrected chi connectivity index (χ4v) is 4.65. The van der Waals surface area contributed by atoms with E-state index >= 15 is 0 Å². The summed E-state index contributed by atoms with van der Waals surface area (Å²) >= 11 is 6.17. The summed E-state index contributed by atoms with van der Waals surface area (Å²) in [5, 5.41) is 11.5. The Kier molecular flexibility index (Phi) is 7.48. The number of amides is 2. The summed E-state index contributed by atoms with van der Waals surface area (Å²) in [5.41, 5.74) is 0.288. The summed E-state index contributed by atoms with van der Waals surface area (Å²) < 4.78 is 33.8. The third-order valence-electron chi connectivity index (χ3n) is 6.79. The lowest BCUT2D eigenvalue weighted by atomic mass is 9.82. The Hall–Kier alpha value is -4.39. The Bertz CT molecular complexity index is 1580. The molecule has 1 fully saturated rings. The van der Waals surface area contributed by atoms with Crippen molar-refractivity contribution in [3.05, 3.63) is 59.6 Å². The molecular formula is C26H24ClF2N7O4. The summed E-state index contributed by atoms with van der Waals surface area (Å²) in [6.45, 7) is -0.629. The van der Waals surface area contributed by atoms with Crippen LogP contribution in [0.3, 0.4) is 0 Å². The molecular weight excluding hydrogens is 548 g/mol. The van der Waals surface area contributed by atoms with Gasteiger partial charge in [-0.05, 0) is 37.1 Å². The van der Waals surface area contributed by atoms with E-state index in [9.17, 15) is 23.2 Å². The quantitative estimate of drug-likeness (QED) is 0.318. The van der Waals surface area contributed by atoms with Crippen molar-refractivity contribution in [2.75, 3.05) is 18.4 Å². The van der Waals surface area contributed by atoms with Crippen LogP contribution in [0, 0.1) is 5.41 Å². The van der Waals surface area contributed by atoms with Crippen molar-refractivity contribution < 1.29 is 27.9 Å². The van der Waals surface area contributed by atoms with Crippen molar-refractivity contribution in [3.63, 3.8) is 0 Å². The predicted molar refractivity (Wildman–Crippen MR) is 140 cm³/mol. The van der Waals surface area contributed by atoms with Crippen molar-refractivity contribution >= 4 is 41.0 Å². The van der Waals surface area contributed by atoms with Crippen LogP contribution in [0.25, 0.3) is 16.9 Å². The zero-order valence-corrected chi connectivity index (χ0v) is 22.0. The molecule has 1 aliphatic heterocycles. The van der Waals surface area contributed by atoms with Crippen LogP contribution in [-0.2, 0) is 16.1 Å². The summed E-state index contributed by atoms with van der Waals surface area (Å²) in [4.78, 5) is 43.5. The second kappa shape index (κ2) is 11.0. The number of hydrogen-bond acceptors (Lipinski definition) is 7. The molecule has 14 heteroatoms. The number of carbonyl (C=O) groups is 3. The molecule has 1 aromatic carbocycles. The van der Waals surface area contributed by atoms with E-state index in [0.29, 0.717) is 31.6 Å². The van der Waals surface area contributed by atoms with Gasteiger partial charge >= 0.3 is 6.61 Å². The monoisotopic (exact) mass is 571 g/mol.